The largest absolute Gasteiger partial charge is 0.488 e. The normalized spacial score (nSPS) is 23.8. The van der Waals surface area contributed by atoms with E-state index < -0.39 is 66.8 Å². The average molecular weight is 838 g/mol. The Morgan fingerprint density at radius 3 is 2.23 bits per heavy atom. The molecule has 8 rings (SSSR count). The lowest BCUT2D eigenvalue weighted by molar-refractivity contribution is -0.151. The molecule has 5 unspecified atom stereocenters. The van der Waals surface area contributed by atoms with Crippen LogP contribution in [0.15, 0.2) is 116 Å². The van der Waals surface area contributed by atoms with Crippen LogP contribution in [0.3, 0.4) is 0 Å². The molecule has 0 bridgehead atoms. The van der Waals surface area contributed by atoms with Crippen molar-refractivity contribution in [2.45, 2.75) is 56.4 Å². The van der Waals surface area contributed by atoms with Crippen LogP contribution in [-0.2, 0) is 60.2 Å². The molecule has 298 valence electrons. The maximum Gasteiger partial charge on any atom is 0.488 e. The van der Waals surface area contributed by atoms with E-state index in [0.29, 0.717) is 47.3 Å². The molecule has 0 spiro atoms. The number of hydrogen-bond acceptors (Lipinski definition) is 13. The number of aromatic nitrogens is 4. The Balaban J connectivity index is 0.966. The first-order valence-corrected chi connectivity index (χ1v) is 22.6. The highest BCUT2D eigenvalue weighted by molar-refractivity contribution is 7.68. The van der Waals surface area contributed by atoms with E-state index in [0.717, 1.165) is 16.5 Å². The number of benzene rings is 4. The van der Waals surface area contributed by atoms with E-state index in [1.54, 1.807) is 47.0 Å². The zero-order chi connectivity index (χ0) is 39.6. The molecule has 20 heteroatoms. The molecule has 4 N–H and O–H groups in total. The van der Waals surface area contributed by atoms with Gasteiger partial charge in [0.05, 0.1) is 19.1 Å². The molecule has 4 aromatic carbocycles. The minimum Gasteiger partial charge on any atom is -0.364 e. The van der Waals surface area contributed by atoms with E-state index in [1.165, 1.54) is 12.7 Å². The predicted molar refractivity (Wildman–Crippen MR) is 207 cm³/mol. The van der Waals surface area contributed by atoms with Crippen molar-refractivity contribution < 1.29 is 55.7 Å². The first-order chi connectivity index (χ1) is 27.4. The third-order valence-electron chi connectivity index (χ3n) is 9.44. The first kappa shape index (κ1) is 39.6. The van der Waals surface area contributed by atoms with Gasteiger partial charge < -0.3 is 34.2 Å². The summed E-state index contributed by atoms with van der Waals surface area (Å²) in [6.07, 6.45) is -0.954. The van der Waals surface area contributed by atoms with E-state index in [4.69, 9.17) is 18.7 Å². The SMILES string of the molecule is O=P(O)(Cc1cccc2ccccc12)OP(=O)(O)OP(=O)(O)OC[C@H]1O[C@@H](n2cnc3c(NCc4ccccc4)ncnc32)C2OC(CCc3ccccc3)O[C@H]21. The molecule has 2 fully saturated rings. The van der Waals surface area contributed by atoms with Crippen molar-refractivity contribution in [3.05, 3.63) is 132 Å². The number of imidazole rings is 1. The number of fused-ring (bicyclic) bond motifs is 3. The molecule has 0 saturated carbocycles. The summed E-state index contributed by atoms with van der Waals surface area (Å²) >= 11 is 0. The van der Waals surface area contributed by atoms with Crippen LogP contribution in [0.2, 0.25) is 0 Å². The Morgan fingerprint density at radius 1 is 0.737 bits per heavy atom. The van der Waals surface area contributed by atoms with Gasteiger partial charge in [0.25, 0.3) is 0 Å². The van der Waals surface area contributed by atoms with Gasteiger partial charge in [0, 0.05) is 13.0 Å². The fraction of sp³-hybridized carbons (Fsp3) is 0.270. The van der Waals surface area contributed by atoms with Gasteiger partial charge >= 0.3 is 23.2 Å². The molecule has 2 aromatic heterocycles. The molecule has 8 atom stereocenters. The summed E-state index contributed by atoms with van der Waals surface area (Å²) in [5, 5.41) is 4.67. The molecular formula is C37H38N5O12P3. The van der Waals surface area contributed by atoms with E-state index >= 15 is 0 Å². The number of phosphoric ester groups is 1. The summed E-state index contributed by atoms with van der Waals surface area (Å²) < 4.78 is 73.7. The Morgan fingerprint density at radius 2 is 1.44 bits per heavy atom. The second-order valence-electron chi connectivity index (χ2n) is 13.4. The van der Waals surface area contributed by atoms with E-state index in [-0.39, 0.29) is 0 Å². The van der Waals surface area contributed by atoms with Gasteiger partial charge in [-0.2, -0.15) is 4.31 Å². The fourth-order valence-electron chi connectivity index (χ4n) is 6.94. The van der Waals surface area contributed by atoms with Gasteiger partial charge in [-0.15, -0.1) is 0 Å². The minimum atomic E-state index is -5.65. The zero-order valence-corrected chi connectivity index (χ0v) is 32.7. The molecule has 0 amide bonds. The van der Waals surface area contributed by atoms with Crippen LogP contribution in [0.25, 0.3) is 21.9 Å². The number of nitrogens with one attached hydrogen (secondary N) is 1. The molecule has 2 saturated heterocycles. The minimum absolute atomic E-state index is 0.350. The van der Waals surface area contributed by atoms with Crippen molar-refractivity contribution in [2.75, 3.05) is 11.9 Å². The highest BCUT2D eigenvalue weighted by atomic mass is 31.3. The monoisotopic (exact) mass is 837 g/mol. The topological polar surface area (TPSA) is 223 Å². The number of rotatable bonds is 16. The number of anilines is 1. The molecule has 57 heavy (non-hydrogen) atoms. The Bertz CT molecular complexity index is 2490. The van der Waals surface area contributed by atoms with Crippen LogP contribution < -0.4 is 5.32 Å². The molecule has 4 heterocycles. The predicted octanol–water partition coefficient (Wildman–Crippen LogP) is 6.87. The maximum absolute atomic E-state index is 13.1. The molecule has 6 aromatic rings. The van der Waals surface area contributed by atoms with Crippen molar-refractivity contribution in [2.24, 2.45) is 0 Å². The summed E-state index contributed by atoms with van der Waals surface area (Å²) in [5.74, 6) is 0.486. The third-order valence-corrected chi connectivity index (χ3v) is 14.2. The van der Waals surface area contributed by atoms with Gasteiger partial charge in [-0.25, -0.2) is 28.4 Å². The number of phosphoric acid groups is 2. The van der Waals surface area contributed by atoms with Gasteiger partial charge in [-0.1, -0.05) is 103 Å². The van der Waals surface area contributed by atoms with Crippen LogP contribution in [0, 0.1) is 0 Å². The van der Waals surface area contributed by atoms with Crippen molar-refractivity contribution in [1.29, 1.82) is 0 Å². The van der Waals surface area contributed by atoms with Gasteiger partial charge in [0.1, 0.15) is 24.6 Å². The zero-order valence-electron chi connectivity index (χ0n) is 30.0. The summed E-state index contributed by atoms with van der Waals surface area (Å²) in [6, 6.07) is 31.5. The number of aryl methyl sites for hydroxylation is 1. The molecule has 2 aliphatic rings. The Labute approximate surface area is 326 Å². The maximum atomic E-state index is 13.1. The van der Waals surface area contributed by atoms with Crippen LogP contribution in [0.4, 0.5) is 5.82 Å². The lowest BCUT2D eigenvalue weighted by Crippen LogP contribution is -2.31. The Kier molecular flexibility index (Phi) is 11.5. The lowest BCUT2D eigenvalue weighted by Gasteiger charge is -2.22. The van der Waals surface area contributed by atoms with Gasteiger partial charge in [0.2, 0.25) is 0 Å². The number of hydrogen-bond donors (Lipinski definition) is 4. The summed E-state index contributed by atoms with van der Waals surface area (Å²) in [7, 11) is -16.0. The van der Waals surface area contributed by atoms with E-state index in [9.17, 15) is 28.4 Å². The van der Waals surface area contributed by atoms with Gasteiger partial charge in [0.15, 0.2) is 29.5 Å². The fourth-order valence-corrected chi connectivity index (χ4v) is 11.1. The number of nitrogens with zero attached hydrogens (tertiary/aromatic N) is 4. The highest BCUT2D eigenvalue weighted by Gasteiger charge is 2.54. The number of ether oxygens (including phenoxy) is 3. The smallest absolute Gasteiger partial charge is 0.364 e. The lowest BCUT2D eigenvalue weighted by atomic mass is 10.1. The standard InChI is InChI=1S/C37H38N5O12P3/c43-55(44,22-28-16-9-15-27-14-7-8-17-29(27)28)53-57(47,48)54-56(45,46)49-21-30-33-34(52-31(51-33)19-18-25-10-3-1-4-11-25)37(50-30)42-24-41-32-35(39-23-40-36(32)42)38-20-26-12-5-2-6-13-26/h1-17,23-24,30-31,33-34,37H,18-22H2,(H,43,44)(H,45,46)(H,47,48)(H,38,39,40)/t30-,31?,33+,34?,37-/m1/s1. The molecule has 0 aliphatic carbocycles. The van der Waals surface area contributed by atoms with Crippen LogP contribution >= 0.6 is 23.2 Å². The van der Waals surface area contributed by atoms with Gasteiger partial charge in [-0.3, -0.25) is 13.7 Å². The summed E-state index contributed by atoms with van der Waals surface area (Å²) in [6.45, 7) is -0.197. The average Bonchev–Trinajstić information content (AvgIpc) is 3.90. The molecular weight excluding hydrogens is 799 g/mol. The van der Waals surface area contributed by atoms with E-state index in [1.807, 2.05) is 60.7 Å². The van der Waals surface area contributed by atoms with Crippen LogP contribution in [-0.4, -0.2) is 65.4 Å². The summed E-state index contributed by atoms with van der Waals surface area (Å²) in [5.41, 5.74) is 3.32. The van der Waals surface area contributed by atoms with Crippen molar-refractivity contribution in [3.8, 4) is 0 Å². The third kappa shape index (κ3) is 9.42. The van der Waals surface area contributed by atoms with E-state index in [2.05, 4.69) is 28.9 Å². The second-order valence-corrected chi connectivity index (χ2v) is 18.5. The molecule has 17 nitrogen and oxygen atoms in total. The van der Waals surface area contributed by atoms with Crippen LogP contribution in [0.5, 0.6) is 0 Å². The first-order valence-electron chi connectivity index (χ1n) is 17.9. The Hall–Kier alpha value is -4.18. The van der Waals surface area contributed by atoms with Crippen molar-refractivity contribution in [3.63, 3.8) is 0 Å². The van der Waals surface area contributed by atoms with Crippen LogP contribution in [0.1, 0.15) is 29.3 Å². The second kappa shape index (κ2) is 16.6. The highest BCUT2D eigenvalue weighted by Crippen LogP contribution is 2.68. The van der Waals surface area contributed by atoms with Gasteiger partial charge in [-0.05, 0) is 33.9 Å². The molecule has 0 radical (unpaired) electrons. The van der Waals surface area contributed by atoms with Crippen molar-refractivity contribution >= 4 is 51.0 Å². The quantitative estimate of drug-likeness (QED) is 0.0730. The molecule has 2 aliphatic heterocycles. The summed E-state index contributed by atoms with van der Waals surface area (Å²) in [4.78, 5) is 44.8. The van der Waals surface area contributed by atoms with Crippen molar-refractivity contribution in [1.82, 2.24) is 19.5 Å².